The maximum Gasteiger partial charge on any atom is 0.158 e. The normalized spacial score (nSPS) is 26.1. The molecule has 1 unspecified atom stereocenters. The molecular formula is C15H25NO3. The highest BCUT2D eigenvalue weighted by atomic mass is 16.5. The third-order valence-corrected chi connectivity index (χ3v) is 3.98. The summed E-state index contributed by atoms with van der Waals surface area (Å²) in [5, 5.41) is 9.44. The number of ketones is 1. The third kappa shape index (κ3) is 4.02. The standard InChI is InChI=1S/C15H25NO3/c1-14(2)6-4-7-15(12-16,13(14)17)8-11-19-10-5-9-18-3/h4-11H2,1-3H3. The Hall–Kier alpha value is -0.920. The van der Waals surface area contributed by atoms with Gasteiger partial charge in [0.05, 0.1) is 6.07 Å². The number of carbonyl (C=O) groups excluding carboxylic acids is 1. The quantitative estimate of drug-likeness (QED) is 0.665. The topological polar surface area (TPSA) is 59.3 Å². The summed E-state index contributed by atoms with van der Waals surface area (Å²) in [5.74, 6) is 0.0919. The average Bonchev–Trinajstić information content (AvgIpc) is 2.38. The maximum absolute atomic E-state index is 12.5. The lowest BCUT2D eigenvalue weighted by Crippen LogP contribution is -2.44. The molecule has 4 heteroatoms. The molecule has 0 amide bonds. The van der Waals surface area contributed by atoms with Gasteiger partial charge in [0.15, 0.2) is 5.78 Å². The Labute approximate surface area is 116 Å². The fraction of sp³-hybridized carbons (Fsp3) is 0.867. The Morgan fingerprint density at radius 3 is 2.63 bits per heavy atom. The Balaban J connectivity index is 2.48. The molecule has 1 atom stereocenters. The van der Waals surface area contributed by atoms with Gasteiger partial charge >= 0.3 is 0 Å². The number of Topliss-reactive ketones (excluding diaryl/α,β-unsaturated/α-hetero) is 1. The summed E-state index contributed by atoms with van der Waals surface area (Å²) in [4.78, 5) is 12.5. The minimum Gasteiger partial charge on any atom is -0.385 e. The van der Waals surface area contributed by atoms with E-state index in [1.54, 1.807) is 7.11 Å². The van der Waals surface area contributed by atoms with Crippen LogP contribution in [-0.2, 0) is 14.3 Å². The second-order valence-electron chi connectivity index (χ2n) is 5.97. The SMILES string of the molecule is COCCCOCCC1(C#N)CCCC(C)(C)C1=O. The van der Waals surface area contributed by atoms with Crippen LogP contribution in [0.2, 0.25) is 0 Å². The summed E-state index contributed by atoms with van der Waals surface area (Å²) in [7, 11) is 1.66. The van der Waals surface area contributed by atoms with Gasteiger partial charge in [-0.25, -0.2) is 0 Å². The van der Waals surface area contributed by atoms with Crippen molar-refractivity contribution in [2.75, 3.05) is 26.9 Å². The predicted molar refractivity (Wildman–Crippen MR) is 72.6 cm³/mol. The smallest absolute Gasteiger partial charge is 0.158 e. The molecular weight excluding hydrogens is 242 g/mol. The lowest BCUT2D eigenvalue weighted by molar-refractivity contribution is -0.139. The second kappa shape index (κ2) is 7.02. The highest BCUT2D eigenvalue weighted by molar-refractivity contribution is 5.92. The van der Waals surface area contributed by atoms with Crippen LogP contribution in [0.4, 0.5) is 0 Å². The molecule has 4 nitrogen and oxygen atoms in total. The zero-order chi connectivity index (χ0) is 14.4. The predicted octanol–water partition coefficient (Wildman–Crippen LogP) is 2.72. The van der Waals surface area contributed by atoms with E-state index in [0.29, 0.717) is 32.7 Å². The van der Waals surface area contributed by atoms with Gasteiger partial charge < -0.3 is 9.47 Å². The van der Waals surface area contributed by atoms with Crippen molar-refractivity contribution in [2.24, 2.45) is 10.8 Å². The van der Waals surface area contributed by atoms with Crippen molar-refractivity contribution in [3.05, 3.63) is 0 Å². The van der Waals surface area contributed by atoms with Crippen molar-refractivity contribution < 1.29 is 14.3 Å². The van der Waals surface area contributed by atoms with E-state index in [9.17, 15) is 10.1 Å². The van der Waals surface area contributed by atoms with Crippen LogP contribution in [0.5, 0.6) is 0 Å². The molecule has 0 radical (unpaired) electrons. The molecule has 1 saturated carbocycles. The third-order valence-electron chi connectivity index (χ3n) is 3.98. The van der Waals surface area contributed by atoms with Crippen molar-refractivity contribution in [2.45, 2.75) is 46.0 Å². The van der Waals surface area contributed by atoms with Crippen LogP contribution in [0.1, 0.15) is 46.0 Å². The minimum absolute atomic E-state index is 0.0919. The Bertz CT molecular complexity index is 346. The van der Waals surface area contributed by atoms with Gasteiger partial charge in [-0.3, -0.25) is 4.79 Å². The summed E-state index contributed by atoms with van der Waals surface area (Å²) in [6.45, 7) is 5.65. The molecule has 0 bridgehead atoms. The van der Waals surface area contributed by atoms with E-state index in [0.717, 1.165) is 19.3 Å². The van der Waals surface area contributed by atoms with E-state index in [2.05, 4.69) is 6.07 Å². The lowest BCUT2D eigenvalue weighted by atomic mass is 9.62. The van der Waals surface area contributed by atoms with Crippen LogP contribution in [0.3, 0.4) is 0 Å². The van der Waals surface area contributed by atoms with E-state index < -0.39 is 5.41 Å². The molecule has 108 valence electrons. The molecule has 0 aliphatic heterocycles. The molecule has 1 rings (SSSR count). The summed E-state index contributed by atoms with van der Waals surface area (Å²) >= 11 is 0. The van der Waals surface area contributed by atoms with Crippen LogP contribution < -0.4 is 0 Å². The fourth-order valence-electron chi connectivity index (χ4n) is 2.76. The van der Waals surface area contributed by atoms with Crippen LogP contribution in [0.25, 0.3) is 0 Å². The van der Waals surface area contributed by atoms with Crippen LogP contribution in [-0.4, -0.2) is 32.7 Å². The van der Waals surface area contributed by atoms with Crippen molar-refractivity contribution >= 4 is 5.78 Å². The molecule has 1 aliphatic carbocycles. The number of carbonyl (C=O) groups is 1. The summed E-state index contributed by atoms with van der Waals surface area (Å²) < 4.78 is 10.4. The van der Waals surface area contributed by atoms with Crippen molar-refractivity contribution in [1.29, 1.82) is 5.26 Å². The second-order valence-corrected chi connectivity index (χ2v) is 5.97. The molecule has 0 aromatic heterocycles. The van der Waals surface area contributed by atoms with Crippen LogP contribution >= 0.6 is 0 Å². The molecule has 1 aliphatic rings. The van der Waals surface area contributed by atoms with Gasteiger partial charge in [-0.15, -0.1) is 0 Å². The van der Waals surface area contributed by atoms with Gasteiger partial charge in [-0.1, -0.05) is 20.3 Å². The summed E-state index contributed by atoms with van der Waals surface area (Å²) in [6, 6.07) is 2.27. The number of methoxy groups -OCH3 is 1. The van der Waals surface area contributed by atoms with E-state index in [4.69, 9.17) is 9.47 Å². The molecule has 0 heterocycles. The number of nitrogens with zero attached hydrogens (tertiary/aromatic N) is 1. The van der Waals surface area contributed by atoms with Gasteiger partial charge in [0, 0.05) is 32.3 Å². The first-order valence-electron chi connectivity index (χ1n) is 7.01. The Kier molecular flexibility index (Phi) is 5.96. The monoisotopic (exact) mass is 267 g/mol. The minimum atomic E-state index is -0.830. The van der Waals surface area contributed by atoms with E-state index in [1.165, 1.54) is 0 Å². The van der Waals surface area contributed by atoms with Crippen molar-refractivity contribution in [3.63, 3.8) is 0 Å². The summed E-state index contributed by atoms with van der Waals surface area (Å²) in [5.41, 5.74) is -1.20. The summed E-state index contributed by atoms with van der Waals surface area (Å²) in [6.07, 6.45) is 3.85. The number of nitriles is 1. The average molecular weight is 267 g/mol. The molecule has 0 aromatic rings. The first-order valence-corrected chi connectivity index (χ1v) is 7.01. The number of rotatable bonds is 7. The van der Waals surface area contributed by atoms with Gasteiger partial charge in [0.25, 0.3) is 0 Å². The van der Waals surface area contributed by atoms with Gasteiger partial charge in [0.1, 0.15) is 5.41 Å². The molecule has 0 saturated heterocycles. The Morgan fingerprint density at radius 1 is 1.26 bits per heavy atom. The molecule has 1 fully saturated rings. The molecule has 0 spiro atoms. The van der Waals surface area contributed by atoms with Crippen molar-refractivity contribution in [1.82, 2.24) is 0 Å². The van der Waals surface area contributed by atoms with Gasteiger partial charge in [-0.2, -0.15) is 5.26 Å². The lowest BCUT2D eigenvalue weighted by Gasteiger charge is -2.38. The Morgan fingerprint density at radius 2 is 2.00 bits per heavy atom. The highest BCUT2D eigenvalue weighted by Crippen LogP contribution is 2.44. The van der Waals surface area contributed by atoms with Gasteiger partial charge in [-0.05, 0) is 25.7 Å². The molecule has 0 aromatic carbocycles. The first-order chi connectivity index (χ1) is 8.98. The molecule has 19 heavy (non-hydrogen) atoms. The van der Waals surface area contributed by atoms with E-state index in [-0.39, 0.29) is 11.2 Å². The zero-order valence-corrected chi connectivity index (χ0v) is 12.3. The number of hydrogen-bond donors (Lipinski definition) is 0. The van der Waals surface area contributed by atoms with Crippen LogP contribution in [0, 0.1) is 22.2 Å². The van der Waals surface area contributed by atoms with E-state index in [1.807, 2.05) is 13.8 Å². The first kappa shape index (κ1) is 16.1. The number of hydrogen-bond acceptors (Lipinski definition) is 4. The van der Waals surface area contributed by atoms with Crippen molar-refractivity contribution in [3.8, 4) is 6.07 Å². The fourth-order valence-corrected chi connectivity index (χ4v) is 2.76. The van der Waals surface area contributed by atoms with Gasteiger partial charge in [0.2, 0.25) is 0 Å². The zero-order valence-electron chi connectivity index (χ0n) is 12.3. The molecule has 0 N–H and O–H groups in total. The maximum atomic E-state index is 12.5. The largest absolute Gasteiger partial charge is 0.385 e. The van der Waals surface area contributed by atoms with E-state index >= 15 is 0 Å². The highest BCUT2D eigenvalue weighted by Gasteiger charge is 2.48. The van der Waals surface area contributed by atoms with Crippen LogP contribution in [0.15, 0.2) is 0 Å². The number of ether oxygens (including phenoxy) is 2.